The van der Waals surface area contributed by atoms with Crippen LogP contribution in [0.25, 0.3) is 0 Å². The van der Waals surface area contributed by atoms with Crippen molar-refractivity contribution < 1.29 is 35.1 Å². The van der Waals surface area contributed by atoms with Gasteiger partial charge in [0.1, 0.15) is 18.3 Å². The minimum atomic E-state index is -1.96. The van der Waals surface area contributed by atoms with E-state index in [0.29, 0.717) is 0 Å². The third-order valence-corrected chi connectivity index (χ3v) is 2.32. The Kier molecular flexibility index (Phi) is 8.19. The standard InChI is InChI=1S/C10H20N2O7/c1-5(14)11-2-3-12-10(19)9(18)8(17)7(16)6(15)4-13/h6-9,13,15-18H,2-4H2,1H3,(H,11,14)(H,12,19). The topological polar surface area (TPSA) is 159 Å². The van der Waals surface area contributed by atoms with E-state index in [1.54, 1.807) is 0 Å². The molecule has 0 aromatic carbocycles. The molecule has 0 spiro atoms. The van der Waals surface area contributed by atoms with Gasteiger partial charge < -0.3 is 36.2 Å². The first-order chi connectivity index (χ1) is 8.81. The molecule has 112 valence electrons. The van der Waals surface area contributed by atoms with Crippen LogP contribution in [0.5, 0.6) is 0 Å². The predicted molar refractivity (Wildman–Crippen MR) is 62.8 cm³/mol. The fourth-order valence-corrected chi connectivity index (χ4v) is 1.21. The molecule has 0 aromatic rings. The van der Waals surface area contributed by atoms with Gasteiger partial charge in [-0.25, -0.2) is 0 Å². The van der Waals surface area contributed by atoms with Gasteiger partial charge in [-0.05, 0) is 0 Å². The molecule has 9 nitrogen and oxygen atoms in total. The van der Waals surface area contributed by atoms with Crippen molar-refractivity contribution >= 4 is 11.8 Å². The van der Waals surface area contributed by atoms with Crippen molar-refractivity contribution in [3.8, 4) is 0 Å². The van der Waals surface area contributed by atoms with Crippen molar-refractivity contribution in [2.24, 2.45) is 0 Å². The highest BCUT2D eigenvalue weighted by Crippen LogP contribution is 2.05. The first-order valence-electron chi connectivity index (χ1n) is 5.66. The second-order valence-corrected chi connectivity index (χ2v) is 3.95. The van der Waals surface area contributed by atoms with Crippen LogP contribution in [0.1, 0.15) is 6.92 Å². The summed E-state index contributed by atoms with van der Waals surface area (Å²) in [7, 11) is 0. The average molecular weight is 280 g/mol. The van der Waals surface area contributed by atoms with Gasteiger partial charge in [0.25, 0.3) is 5.91 Å². The molecular weight excluding hydrogens is 260 g/mol. The van der Waals surface area contributed by atoms with Crippen LogP contribution in [0.15, 0.2) is 0 Å². The summed E-state index contributed by atoms with van der Waals surface area (Å²) in [6.45, 7) is 0.648. The largest absolute Gasteiger partial charge is 0.394 e. The van der Waals surface area contributed by atoms with Gasteiger partial charge in [0, 0.05) is 20.0 Å². The zero-order chi connectivity index (χ0) is 15.0. The van der Waals surface area contributed by atoms with Crippen molar-refractivity contribution in [3.05, 3.63) is 0 Å². The number of nitrogens with one attached hydrogen (secondary N) is 2. The number of hydrogen-bond acceptors (Lipinski definition) is 7. The molecule has 0 saturated heterocycles. The van der Waals surface area contributed by atoms with Crippen LogP contribution in [0, 0.1) is 0 Å². The Morgan fingerprint density at radius 2 is 1.53 bits per heavy atom. The van der Waals surface area contributed by atoms with E-state index in [-0.39, 0.29) is 19.0 Å². The van der Waals surface area contributed by atoms with Gasteiger partial charge in [0.15, 0.2) is 6.10 Å². The van der Waals surface area contributed by atoms with Crippen LogP contribution >= 0.6 is 0 Å². The van der Waals surface area contributed by atoms with Gasteiger partial charge in [0.05, 0.1) is 6.61 Å². The number of carbonyl (C=O) groups excluding carboxylic acids is 2. The molecule has 0 bridgehead atoms. The SMILES string of the molecule is CC(=O)NCCNC(=O)C(O)C(O)C(O)C(O)CO. The lowest BCUT2D eigenvalue weighted by molar-refractivity contribution is -0.148. The summed E-state index contributed by atoms with van der Waals surface area (Å²) in [4.78, 5) is 21.9. The summed E-state index contributed by atoms with van der Waals surface area (Å²) in [5.41, 5.74) is 0. The van der Waals surface area contributed by atoms with Crippen molar-refractivity contribution in [2.75, 3.05) is 19.7 Å². The normalized spacial score (nSPS) is 17.2. The molecule has 0 fully saturated rings. The zero-order valence-corrected chi connectivity index (χ0v) is 10.5. The molecule has 19 heavy (non-hydrogen) atoms. The third-order valence-electron chi connectivity index (χ3n) is 2.32. The second kappa shape index (κ2) is 8.77. The second-order valence-electron chi connectivity index (χ2n) is 3.95. The number of carbonyl (C=O) groups is 2. The average Bonchev–Trinajstić information content (AvgIpc) is 2.39. The Balaban J connectivity index is 4.13. The van der Waals surface area contributed by atoms with Crippen LogP contribution in [-0.4, -0.2) is 81.5 Å². The summed E-state index contributed by atoms with van der Waals surface area (Å²) < 4.78 is 0. The summed E-state index contributed by atoms with van der Waals surface area (Å²) in [6.07, 6.45) is -7.44. The maximum absolute atomic E-state index is 11.4. The minimum Gasteiger partial charge on any atom is -0.394 e. The van der Waals surface area contributed by atoms with Crippen LogP contribution in [0.2, 0.25) is 0 Å². The van der Waals surface area contributed by atoms with Gasteiger partial charge in [0.2, 0.25) is 5.91 Å². The van der Waals surface area contributed by atoms with Crippen molar-refractivity contribution in [2.45, 2.75) is 31.3 Å². The molecule has 7 N–H and O–H groups in total. The molecule has 2 amide bonds. The summed E-state index contributed by atoms with van der Waals surface area (Å²) in [6, 6.07) is 0. The number of aliphatic hydroxyl groups is 5. The molecule has 4 atom stereocenters. The van der Waals surface area contributed by atoms with Gasteiger partial charge in [-0.2, -0.15) is 0 Å². The first kappa shape index (κ1) is 17.7. The van der Waals surface area contributed by atoms with E-state index < -0.39 is 36.9 Å². The number of hydrogen-bond donors (Lipinski definition) is 7. The monoisotopic (exact) mass is 280 g/mol. The smallest absolute Gasteiger partial charge is 0.251 e. The first-order valence-corrected chi connectivity index (χ1v) is 5.66. The van der Waals surface area contributed by atoms with E-state index in [1.807, 2.05) is 0 Å². The third kappa shape index (κ3) is 6.45. The Morgan fingerprint density at radius 1 is 1.00 bits per heavy atom. The molecule has 9 heteroatoms. The van der Waals surface area contributed by atoms with Gasteiger partial charge in [-0.1, -0.05) is 0 Å². The van der Waals surface area contributed by atoms with Gasteiger partial charge in [-0.15, -0.1) is 0 Å². The van der Waals surface area contributed by atoms with Crippen LogP contribution < -0.4 is 10.6 Å². The van der Waals surface area contributed by atoms with E-state index in [1.165, 1.54) is 6.92 Å². The Morgan fingerprint density at radius 3 is 2.00 bits per heavy atom. The molecule has 0 radical (unpaired) electrons. The Labute approximate surface area is 109 Å². The lowest BCUT2D eigenvalue weighted by atomic mass is 10.0. The van der Waals surface area contributed by atoms with Gasteiger partial charge in [-0.3, -0.25) is 9.59 Å². The molecule has 0 aromatic heterocycles. The zero-order valence-electron chi connectivity index (χ0n) is 10.5. The van der Waals surface area contributed by atoms with Crippen LogP contribution in [-0.2, 0) is 9.59 Å². The maximum atomic E-state index is 11.4. The fourth-order valence-electron chi connectivity index (χ4n) is 1.21. The highest BCUT2D eigenvalue weighted by molar-refractivity contribution is 5.81. The highest BCUT2D eigenvalue weighted by atomic mass is 16.4. The molecule has 0 heterocycles. The lowest BCUT2D eigenvalue weighted by Gasteiger charge is -2.24. The van der Waals surface area contributed by atoms with Gasteiger partial charge >= 0.3 is 0 Å². The predicted octanol–water partition coefficient (Wildman–Crippen LogP) is -4.33. The lowest BCUT2D eigenvalue weighted by Crippen LogP contribution is -2.52. The molecular formula is C10H20N2O7. The molecule has 4 unspecified atom stereocenters. The highest BCUT2D eigenvalue weighted by Gasteiger charge is 2.33. The van der Waals surface area contributed by atoms with Crippen molar-refractivity contribution in [1.29, 1.82) is 0 Å². The van der Waals surface area contributed by atoms with E-state index >= 15 is 0 Å². The Hall–Kier alpha value is -1.26. The molecule has 0 aliphatic carbocycles. The number of amides is 2. The van der Waals surface area contributed by atoms with Crippen molar-refractivity contribution in [3.63, 3.8) is 0 Å². The molecule has 0 aliphatic rings. The summed E-state index contributed by atoms with van der Waals surface area (Å²) in [5, 5.41) is 50.3. The number of aliphatic hydroxyl groups excluding tert-OH is 5. The quantitative estimate of drug-likeness (QED) is 0.221. The van der Waals surface area contributed by atoms with E-state index in [2.05, 4.69) is 10.6 Å². The van der Waals surface area contributed by atoms with E-state index in [0.717, 1.165) is 0 Å². The van der Waals surface area contributed by atoms with Crippen LogP contribution in [0.3, 0.4) is 0 Å². The van der Waals surface area contributed by atoms with E-state index in [4.69, 9.17) is 10.2 Å². The summed E-state index contributed by atoms with van der Waals surface area (Å²) in [5.74, 6) is -1.25. The molecule has 0 rings (SSSR count). The minimum absolute atomic E-state index is 0.0286. The van der Waals surface area contributed by atoms with Crippen LogP contribution in [0.4, 0.5) is 0 Å². The maximum Gasteiger partial charge on any atom is 0.251 e. The Bertz CT molecular complexity index is 300. The molecule has 0 aliphatic heterocycles. The van der Waals surface area contributed by atoms with Crippen molar-refractivity contribution in [1.82, 2.24) is 10.6 Å². The van der Waals surface area contributed by atoms with E-state index in [9.17, 15) is 24.9 Å². The number of rotatable bonds is 8. The molecule has 0 saturated carbocycles. The fraction of sp³-hybridized carbons (Fsp3) is 0.800. The summed E-state index contributed by atoms with van der Waals surface area (Å²) >= 11 is 0.